The summed E-state index contributed by atoms with van der Waals surface area (Å²) in [6.07, 6.45) is 5.65. The molecule has 0 atom stereocenters. The van der Waals surface area contributed by atoms with Crippen molar-refractivity contribution in [3.05, 3.63) is 12.3 Å². The first-order valence-electron chi connectivity index (χ1n) is 6.42. The van der Waals surface area contributed by atoms with Gasteiger partial charge in [0.1, 0.15) is 0 Å². The van der Waals surface area contributed by atoms with Crippen molar-refractivity contribution in [1.82, 2.24) is 0 Å². The first-order valence-corrected chi connectivity index (χ1v) is 7.89. The molecule has 0 N–H and O–H groups in total. The smallest absolute Gasteiger partial charge is 0.401 e. The highest BCUT2D eigenvalue weighted by molar-refractivity contribution is 7.48. The second kappa shape index (κ2) is 6.00. The van der Waals surface area contributed by atoms with Crippen molar-refractivity contribution in [2.24, 2.45) is 5.92 Å². The Balaban J connectivity index is 1.90. The maximum atomic E-state index is 12.1. The van der Waals surface area contributed by atoms with Crippen LogP contribution in [-0.4, -0.2) is 19.0 Å². The molecule has 1 heterocycles. The van der Waals surface area contributed by atoms with E-state index in [9.17, 15) is 9.36 Å². The summed E-state index contributed by atoms with van der Waals surface area (Å²) in [5.74, 6) is -0.308. The van der Waals surface area contributed by atoms with Gasteiger partial charge in [-0.25, -0.2) is 4.57 Å². The van der Waals surface area contributed by atoms with Crippen molar-refractivity contribution in [1.29, 1.82) is 0 Å². The second-order valence-electron chi connectivity index (χ2n) is 4.68. The zero-order chi connectivity index (χ0) is 13.0. The van der Waals surface area contributed by atoms with E-state index in [1.165, 1.54) is 6.42 Å². The van der Waals surface area contributed by atoms with Crippen molar-refractivity contribution < 1.29 is 22.9 Å². The number of ketones is 1. The van der Waals surface area contributed by atoms with Crippen LogP contribution in [0.2, 0.25) is 0 Å². The van der Waals surface area contributed by atoms with Crippen molar-refractivity contribution in [3.8, 4) is 0 Å². The minimum absolute atomic E-state index is 0.0531. The second-order valence-corrected chi connectivity index (χ2v) is 6.27. The molecule has 0 radical (unpaired) electrons. The fourth-order valence-corrected chi connectivity index (χ4v) is 3.52. The largest absolute Gasteiger partial charge is 0.530 e. The van der Waals surface area contributed by atoms with E-state index in [0.717, 1.165) is 25.7 Å². The third kappa shape index (κ3) is 3.44. The third-order valence-corrected chi connectivity index (χ3v) is 4.70. The predicted molar refractivity (Wildman–Crippen MR) is 65.9 cm³/mol. The van der Waals surface area contributed by atoms with Crippen LogP contribution in [0.1, 0.15) is 38.5 Å². The summed E-state index contributed by atoms with van der Waals surface area (Å²) in [6, 6.07) is 0. The van der Waals surface area contributed by atoms with Gasteiger partial charge in [0.2, 0.25) is 0 Å². The lowest BCUT2D eigenvalue weighted by molar-refractivity contribution is -0.122. The van der Waals surface area contributed by atoms with E-state index >= 15 is 0 Å². The van der Waals surface area contributed by atoms with E-state index in [1.807, 2.05) is 0 Å². The zero-order valence-corrected chi connectivity index (χ0v) is 11.3. The lowest BCUT2D eigenvalue weighted by atomic mass is 9.86. The van der Waals surface area contributed by atoms with Gasteiger partial charge in [0.25, 0.3) is 0 Å². The van der Waals surface area contributed by atoms with Gasteiger partial charge in [0.15, 0.2) is 11.5 Å². The molecule has 0 unspecified atom stereocenters. The van der Waals surface area contributed by atoms with E-state index in [-0.39, 0.29) is 17.5 Å². The maximum absolute atomic E-state index is 12.1. The third-order valence-electron chi connectivity index (χ3n) is 3.26. The van der Waals surface area contributed by atoms with Crippen LogP contribution in [0.25, 0.3) is 0 Å². The summed E-state index contributed by atoms with van der Waals surface area (Å²) in [5.41, 5.74) is 0. The van der Waals surface area contributed by atoms with Crippen LogP contribution in [0.5, 0.6) is 0 Å². The standard InChI is InChI=1S/C12H19O5P/c1-10(12(13)11-6-3-2-4-7-11)17-18(14)15-8-5-9-16-18/h11H,1-9H2. The summed E-state index contributed by atoms with van der Waals surface area (Å²) < 4.78 is 27.0. The number of phosphoric ester groups is 1. The number of carbonyl (C=O) groups excluding carboxylic acids is 1. The number of allylic oxidation sites excluding steroid dienone is 1. The first-order chi connectivity index (χ1) is 8.61. The van der Waals surface area contributed by atoms with E-state index in [2.05, 4.69) is 6.58 Å². The molecule has 0 spiro atoms. The van der Waals surface area contributed by atoms with Crippen molar-refractivity contribution in [2.75, 3.05) is 13.2 Å². The lowest BCUT2D eigenvalue weighted by Crippen LogP contribution is -2.21. The van der Waals surface area contributed by atoms with Gasteiger partial charge in [0.05, 0.1) is 13.2 Å². The molecule has 6 heteroatoms. The van der Waals surface area contributed by atoms with Crippen LogP contribution in [0.15, 0.2) is 12.3 Å². The summed E-state index contributed by atoms with van der Waals surface area (Å²) in [7, 11) is -3.59. The number of hydrogen-bond acceptors (Lipinski definition) is 5. The Labute approximate surface area is 107 Å². The molecule has 1 saturated heterocycles. The Bertz CT molecular complexity index is 363. The van der Waals surface area contributed by atoms with E-state index in [0.29, 0.717) is 19.6 Å². The van der Waals surface area contributed by atoms with Crippen molar-refractivity contribution in [3.63, 3.8) is 0 Å². The fraction of sp³-hybridized carbons (Fsp3) is 0.750. The van der Waals surface area contributed by atoms with Crippen LogP contribution < -0.4 is 0 Å². The molecule has 0 aromatic heterocycles. The minimum Gasteiger partial charge on any atom is -0.401 e. The average Bonchev–Trinajstić information content (AvgIpc) is 2.39. The maximum Gasteiger partial charge on any atom is 0.530 e. The molecule has 1 saturated carbocycles. The highest BCUT2D eigenvalue weighted by atomic mass is 31.2. The molecule has 2 aliphatic rings. The number of hydrogen-bond donors (Lipinski definition) is 0. The Morgan fingerprint density at radius 3 is 2.33 bits per heavy atom. The molecule has 0 aromatic rings. The minimum atomic E-state index is -3.59. The van der Waals surface area contributed by atoms with Crippen LogP contribution >= 0.6 is 7.82 Å². The van der Waals surface area contributed by atoms with E-state index in [4.69, 9.17) is 13.6 Å². The van der Waals surface area contributed by atoms with Crippen LogP contribution in [-0.2, 0) is 22.9 Å². The highest BCUT2D eigenvalue weighted by Gasteiger charge is 2.35. The number of phosphoric acid groups is 1. The summed E-state index contributed by atoms with van der Waals surface area (Å²) in [5, 5.41) is 0. The van der Waals surface area contributed by atoms with Gasteiger partial charge >= 0.3 is 7.82 Å². The topological polar surface area (TPSA) is 61.8 Å². The number of Topliss-reactive ketones (excluding diaryl/α,β-unsaturated/α-hetero) is 1. The molecule has 2 rings (SSSR count). The Kier molecular flexibility index (Phi) is 4.60. The van der Waals surface area contributed by atoms with E-state index in [1.54, 1.807) is 0 Å². The zero-order valence-electron chi connectivity index (χ0n) is 10.4. The van der Waals surface area contributed by atoms with Crippen LogP contribution in [0.4, 0.5) is 0 Å². The summed E-state index contributed by atoms with van der Waals surface area (Å²) in [4.78, 5) is 12.1. The molecule has 5 nitrogen and oxygen atoms in total. The Morgan fingerprint density at radius 1 is 1.11 bits per heavy atom. The lowest BCUT2D eigenvalue weighted by Gasteiger charge is -2.25. The molecule has 0 aromatic carbocycles. The molecular formula is C12H19O5P. The molecule has 18 heavy (non-hydrogen) atoms. The number of rotatable bonds is 4. The number of carbonyl (C=O) groups is 1. The van der Waals surface area contributed by atoms with Crippen LogP contribution in [0.3, 0.4) is 0 Å². The van der Waals surface area contributed by atoms with Crippen LogP contribution in [0, 0.1) is 5.92 Å². The molecule has 0 amide bonds. The molecule has 2 fully saturated rings. The highest BCUT2D eigenvalue weighted by Crippen LogP contribution is 2.53. The molecule has 0 bridgehead atoms. The first kappa shape index (κ1) is 13.8. The SMILES string of the molecule is C=C(OP1(=O)OCCCO1)C(=O)C1CCCCC1. The van der Waals surface area contributed by atoms with E-state index < -0.39 is 7.82 Å². The van der Waals surface area contributed by atoms with Crippen molar-refractivity contribution >= 4 is 13.6 Å². The monoisotopic (exact) mass is 274 g/mol. The Morgan fingerprint density at radius 2 is 1.72 bits per heavy atom. The molecule has 102 valence electrons. The molecular weight excluding hydrogens is 255 g/mol. The normalized spacial score (nSPS) is 24.4. The molecule has 1 aliphatic heterocycles. The average molecular weight is 274 g/mol. The van der Waals surface area contributed by atoms with Crippen molar-refractivity contribution in [2.45, 2.75) is 38.5 Å². The van der Waals surface area contributed by atoms with Gasteiger partial charge in [-0.3, -0.25) is 13.8 Å². The van der Waals surface area contributed by atoms with Gasteiger partial charge in [-0.15, -0.1) is 0 Å². The Hall–Kier alpha value is -0.640. The summed E-state index contributed by atoms with van der Waals surface area (Å²) in [6.45, 7) is 4.21. The van der Waals surface area contributed by atoms with Gasteiger partial charge in [-0.2, -0.15) is 0 Å². The summed E-state index contributed by atoms with van der Waals surface area (Å²) >= 11 is 0. The fourth-order valence-electron chi connectivity index (χ4n) is 2.27. The quantitative estimate of drug-likeness (QED) is 0.447. The van der Waals surface area contributed by atoms with Gasteiger partial charge in [0, 0.05) is 5.92 Å². The predicted octanol–water partition coefficient (Wildman–Crippen LogP) is 3.21. The van der Waals surface area contributed by atoms with Gasteiger partial charge in [-0.05, 0) is 19.3 Å². The van der Waals surface area contributed by atoms with Gasteiger partial charge < -0.3 is 4.52 Å². The van der Waals surface area contributed by atoms with Gasteiger partial charge in [-0.1, -0.05) is 25.8 Å². The molecule has 1 aliphatic carbocycles.